The molecular formula is C51H37BBr2CoN6O. The van der Waals surface area contributed by atoms with Gasteiger partial charge in [0.15, 0.2) is 0 Å². The second-order valence-electron chi connectivity index (χ2n) is 14.4. The molecule has 0 aliphatic heterocycles. The molecule has 7 aromatic carbocycles. The van der Waals surface area contributed by atoms with Crippen LogP contribution in [0.15, 0.2) is 227 Å². The van der Waals surface area contributed by atoms with E-state index in [0.717, 1.165) is 67.5 Å². The fourth-order valence-corrected chi connectivity index (χ4v) is 8.53. The number of benzene rings is 7. The quantitative estimate of drug-likeness (QED) is 0.135. The Morgan fingerprint density at radius 2 is 0.581 bits per heavy atom. The van der Waals surface area contributed by atoms with E-state index >= 15 is 0 Å². The van der Waals surface area contributed by atoms with Crippen LogP contribution in [0.2, 0.25) is 0 Å². The van der Waals surface area contributed by atoms with Gasteiger partial charge in [-0.1, -0.05) is 226 Å². The van der Waals surface area contributed by atoms with Crippen LogP contribution in [0, 0.1) is 0 Å². The Kier molecular flexibility index (Phi) is 13.3. The summed E-state index contributed by atoms with van der Waals surface area (Å²) in [6.45, 7) is 0. The Morgan fingerprint density at radius 1 is 0.339 bits per heavy atom. The molecule has 0 aliphatic carbocycles. The van der Waals surface area contributed by atoms with Gasteiger partial charge in [-0.25, -0.2) is 15.3 Å². The van der Waals surface area contributed by atoms with Crippen molar-refractivity contribution in [2.45, 2.75) is 0 Å². The van der Waals surface area contributed by atoms with Crippen LogP contribution in [-0.2, 0) is 16.8 Å². The third-order valence-corrected chi connectivity index (χ3v) is 11.7. The van der Waals surface area contributed by atoms with Crippen LogP contribution in [0.3, 0.4) is 0 Å². The van der Waals surface area contributed by atoms with Crippen LogP contribution in [0.25, 0.3) is 67.5 Å². The summed E-state index contributed by atoms with van der Waals surface area (Å²) in [4.78, 5) is 0. The number of halogens is 2. The third-order valence-electron chi connectivity index (χ3n) is 10.5. The molecule has 0 atom stereocenters. The Labute approximate surface area is 388 Å². The summed E-state index contributed by atoms with van der Waals surface area (Å²) in [7, 11) is -1.96. The molecule has 7 nitrogen and oxygen atoms in total. The summed E-state index contributed by atoms with van der Waals surface area (Å²) in [5, 5.41) is 27.3. The molecule has 11 heteroatoms. The largest absolute Gasteiger partial charge is 2.00 e. The Balaban J connectivity index is 0.000000473. The molecule has 0 saturated heterocycles. The molecule has 0 aliphatic rings. The molecule has 3 heterocycles. The van der Waals surface area contributed by atoms with Gasteiger partial charge in [-0.3, -0.25) is 0 Å². The molecule has 0 bridgehead atoms. The average Bonchev–Trinajstić information content (AvgIpc) is 4.09. The van der Waals surface area contributed by atoms with Gasteiger partial charge in [0.25, 0.3) is 0 Å². The molecular weight excluding hydrogens is 942 g/mol. The van der Waals surface area contributed by atoms with E-state index in [9.17, 15) is 5.11 Å². The molecule has 10 rings (SSSR count). The second kappa shape index (κ2) is 19.5. The van der Waals surface area contributed by atoms with Gasteiger partial charge in [-0.2, -0.15) is 0 Å². The predicted octanol–water partition coefficient (Wildman–Crippen LogP) is 12.2. The van der Waals surface area contributed by atoms with Crippen molar-refractivity contribution in [3.63, 3.8) is 0 Å². The Hall–Kier alpha value is -6.50. The van der Waals surface area contributed by atoms with Crippen LogP contribution in [0.5, 0.6) is 5.75 Å². The van der Waals surface area contributed by atoms with Gasteiger partial charge in [0.05, 0.1) is 17.1 Å². The zero-order valence-corrected chi connectivity index (χ0v) is 37.4. The molecule has 0 amide bonds. The number of hydrogen-bond acceptors (Lipinski definition) is 4. The van der Waals surface area contributed by atoms with E-state index in [2.05, 4.69) is 209 Å². The van der Waals surface area contributed by atoms with Crippen molar-refractivity contribution >= 4 is 39.0 Å². The van der Waals surface area contributed by atoms with Gasteiger partial charge in [0, 0.05) is 42.7 Å². The van der Waals surface area contributed by atoms with Crippen molar-refractivity contribution in [1.82, 2.24) is 29.1 Å². The van der Waals surface area contributed by atoms with Crippen LogP contribution in [0.1, 0.15) is 0 Å². The number of rotatable bonds is 9. The van der Waals surface area contributed by atoms with Crippen molar-refractivity contribution in [3.05, 3.63) is 227 Å². The minimum Gasteiger partial charge on any atom is -0.871 e. The summed E-state index contributed by atoms with van der Waals surface area (Å²) in [6.07, 6.45) is 0. The molecule has 1 radical (unpaired) electrons. The fourth-order valence-electron chi connectivity index (χ4n) is 7.53. The maximum absolute atomic E-state index is 10.9. The molecule has 0 spiro atoms. The smallest absolute Gasteiger partial charge is 0.871 e. The van der Waals surface area contributed by atoms with Crippen LogP contribution in [0.4, 0.5) is 0 Å². The monoisotopic (exact) mass is 977 g/mol. The number of nitrogens with zero attached hydrogens (tertiary/aromatic N) is 6. The Morgan fingerprint density at radius 3 is 0.823 bits per heavy atom. The van der Waals surface area contributed by atoms with Crippen LogP contribution >= 0.6 is 31.9 Å². The predicted molar refractivity (Wildman–Crippen MR) is 254 cm³/mol. The standard InChI is InChI=1S/C45H34BN6.C6H4Br2O.Co/c1-7-19-34(20-8-1)40-31-43(37-25-13-4-14-26-37)50(47-40)46(51-44(38-27-15-5-16-28-38)32-41(48-51)35-21-9-2-10-22-35)52-45(39-29-17-6-18-30-39)33-42(49-52)36-23-11-3-12-24-36;7-4-2-1-3-5(8)6(4)9;/h1-33,46H;1-3,9H;/q-1;;+2/p-1. The molecule has 10 aromatic rings. The van der Waals surface area contributed by atoms with E-state index in [1.165, 1.54) is 0 Å². The average molecular weight is 979 g/mol. The van der Waals surface area contributed by atoms with Crippen molar-refractivity contribution in [2.75, 3.05) is 0 Å². The van der Waals surface area contributed by atoms with E-state index in [0.29, 0.717) is 8.95 Å². The number of para-hydroxylation sites is 1. The van der Waals surface area contributed by atoms with Crippen molar-refractivity contribution in [2.24, 2.45) is 0 Å². The van der Waals surface area contributed by atoms with Gasteiger partial charge >= 0.3 is 23.9 Å². The maximum Gasteiger partial charge on any atom is 2.00 e. The van der Waals surface area contributed by atoms with E-state index in [4.69, 9.17) is 15.3 Å². The Bertz CT molecular complexity index is 2700. The fraction of sp³-hybridized carbons (Fsp3) is 0. The van der Waals surface area contributed by atoms with Crippen molar-refractivity contribution < 1.29 is 21.9 Å². The zero-order valence-electron chi connectivity index (χ0n) is 33.2. The first kappa shape index (κ1) is 42.2. The molecule has 0 saturated carbocycles. The second-order valence-corrected chi connectivity index (χ2v) is 16.1. The first-order chi connectivity index (χ1) is 30.0. The van der Waals surface area contributed by atoms with E-state index in [-0.39, 0.29) is 22.5 Å². The number of hydrogen-bond donors (Lipinski definition) is 0. The zero-order chi connectivity index (χ0) is 41.5. The third kappa shape index (κ3) is 9.07. The van der Waals surface area contributed by atoms with Gasteiger partial charge in [0.1, 0.15) is 0 Å². The molecule has 0 fully saturated rings. The molecule has 0 unspecified atom stereocenters. The minimum absolute atomic E-state index is 0. The van der Waals surface area contributed by atoms with E-state index in [1.54, 1.807) is 18.2 Å². The van der Waals surface area contributed by atoms with Crippen molar-refractivity contribution in [1.29, 1.82) is 0 Å². The normalized spacial score (nSPS) is 10.8. The summed E-state index contributed by atoms with van der Waals surface area (Å²) in [5.74, 6) is -0.00231. The van der Waals surface area contributed by atoms with Gasteiger partial charge < -0.3 is 18.9 Å². The van der Waals surface area contributed by atoms with Gasteiger partial charge in [0.2, 0.25) is 0 Å². The first-order valence-corrected chi connectivity index (χ1v) is 21.5. The molecule has 3 aromatic heterocycles. The minimum atomic E-state index is -1.96. The topological polar surface area (TPSA) is 76.5 Å². The molecule has 0 N–H and O–H groups in total. The maximum atomic E-state index is 10.9. The van der Waals surface area contributed by atoms with Gasteiger partial charge in [-0.15, -0.1) is 0 Å². The SMILES string of the molecule is [Co+2].[O-]c1c(Br)cccc1Br.c1ccc(-c2cc(-c3ccccc3)n([BH-](n3nc(-c4ccccc4)cc3-c3ccccc3)n3nc(-c4ccccc4)cc3-c3ccccc3)n2)cc1. The summed E-state index contributed by atoms with van der Waals surface area (Å²) in [6, 6.07) is 74.4. The van der Waals surface area contributed by atoms with E-state index < -0.39 is 7.12 Å². The first-order valence-electron chi connectivity index (χ1n) is 19.9. The van der Waals surface area contributed by atoms with Crippen molar-refractivity contribution in [3.8, 4) is 73.3 Å². The summed E-state index contributed by atoms with van der Waals surface area (Å²) in [5.41, 5.74) is 11.9. The van der Waals surface area contributed by atoms with Gasteiger partial charge in [-0.05, 0) is 47.0 Å². The molecule has 62 heavy (non-hydrogen) atoms. The van der Waals surface area contributed by atoms with E-state index in [1.807, 2.05) is 36.4 Å². The summed E-state index contributed by atoms with van der Waals surface area (Å²) >= 11 is 6.21. The summed E-state index contributed by atoms with van der Waals surface area (Å²) < 4.78 is 7.69. The van der Waals surface area contributed by atoms with Crippen LogP contribution in [-0.4, -0.2) is 36.2 Å². The number of aromatic nitrogens is 6. The molecule has 303 valence electrons. The van der Waals surface area contributed by atoms with Crippen LogP contribution < -0.4 is 5.11 Å².